The Morgan fingerprint density at radius 1 is 1.04 bits per heavy atom. The van der Waals surface area contributed by atoms with Gasteiger partial charge in [0.25, 0.3) is 5.24 Å². The summed E-state index contributed by atoms with van der Waals surface area (Å²) in [5, 5.41) is 2.19. The predicted octanol–water partition coefficient (Wildman–Crippen LogP) is 0.142. The molecule has 3 rings (SSSR count). The van der Waals surface area contributed by atoms with Gasteiger partial charge in [-0.3, -0.25) is 29.0 Å². The molecule has 2 aliphatic heterocycles. The Labute approximate surface area is 161 Å². The summed E-state index contributed by atoms with van der Waals surface area (Å²) < 4.78 is 0. The third-order valence-corrected chi connectivity index (χ3v) is 5.42. The molecule has 0 spiro atoms. The van der Waals surface area contributed by atoms with Crippen molar-refractivity contribution < 1.29 is 19.2 Å². The summed E-state index contributed by atoms with van der Waals surface area (Å²) in [6.45, 7) is 3.41. The van der Waals surface area contributed by atoms with Gasteiger partial charge in [-0.2, -0.15) is 0 Å². The number of thioether (sulfide) groups is 1. The van der Waals surface area contributed by atoms with E-state index in [0.29, 0.717) is 26.2 Å². The number of nitrogens with zero attached hydrogens (tertiary/aromatic N) is 3. The van der Waals surface area contributed by atoms with Crippen LogP contribution in [0, 0.1) is 0 Å². The first-order valence-corrected chi connectivity index (χ1v) is 9.83. The van der Waals surface area contributed by atoms with Crippen molar-refractivity contribution in [2.75, 3.05) is 45.0 Å². The van der Waals surface area contributed by atoms with Gasteiger partial charge in [0.1, 0.15) is 0 Å². The van der Waals surface area contributed by atoms with Crippen LogP contribution in [0.4, 0.5) is 4.79 Å². The number of benzene rings is 1. The van der Waals surface area contributed by atoms with Gasteiger partial charge in [-0.15, -0.1) is 0 Å². The van der Waals surface area contributed by atoms with Crippen molar-refractivity contribution in [3.8, 4) is 0 Å². The van der Waals surface area contributed by atoms with Gasteiger partial charge >= 0.3 is 11.8 Å². The summed E-state index contributed by atoms with van der Waals surface area (Å²) in [7, 11) is 0. The van der Waals surface area contributed by atoms with E-state index in [-0.39, 0.29) is 30.0 Å². The highest BCUT2D eigenvalue weighted by molar-refractivity contribution is 8.14. The van der Waals surface area contributed by atoms with E-state index in [1.807, 2.05) is 18.2 Å². The van der Waals surface area contributed by atoms with Gasteiger partial charge in [-0.1, -0.05) is 42.1 Å². The lowest BCUT2D eigenvalue weighted by Crippen LogP contribution is -2.52. The Morgan fingerprint density at radius 3 is 2.37 bits per heavy atom. The highest BCUT2D eigenvalue weighted by Crippen LogP contribution is 2.17. The SMILES string of the molecule is O=C(NCCN1C(=O)CSC1=O)C(=O)N1CCN(Cc2ccccc2)CC1. The molecule has 2 fully saturated rings. The molecule has 0 unspecified atom stereocenters. The van der Waals surface area contributed by atoms with Gasteiger partial charge in [-0.25, -0.2) is 0 Å². The van der Waals surface area contributed by atoms with Crippen LogP contribution in [-0.2, 0) is 20.9 Å². The second-order valence-corrected chi connectivity index (χ2v) is 7.34. The van der Waals surface area contributed by atoms with Crippen molar-refractivity contribution in [3.05, 3.63) is 35.9 Å². The number of amides is 4. The van der Waals surface area contributed by atoms with Gasteiger partial charge in [0.15, 0.2) is 0 Å². The minimum atomic E-state index is -0.696. The molecular formula is C18H22N4O4S. The molecule has 1 N–H and O–H groups in total. The molecule has 0 aliphatic carbocycles. The van der Waals surface area contributed by atoms with E-state index in [2.05, 4.69) is 22.3 Å². The predicted molar refractivity (Wildman–Crippen MR) is 101 cm³/mol. The summed E-state index contributed by atoms with van der Waals surface area (Å²) in [4.78, 5) is 52.2. The van der Waals surface area contributed by atoms with E-state index in [9.17, 15) is 19.2 Å². The van der Waals surface area contributed by atoms with Crippen LogP contribution in [-0.4, -0.2) is 82.7 Å². The smallest absolute Gasteiger partial charge is 0.311 e. The van der Waals surface area contributed by atoms with Crippen LogP contribution in [0.15, 0.2) is 30.3 Å². The van der Waals surface area contributed by atoms with E-state index in [1.54, 1.807) is 4.90 Å². The lowest BCUT2D eigenvalue weighted by molar-refractivity contribution is -0.147. The van der Waals surface area contributed by atoms with E-state index in [1.165, 1.54) is 5.56 Å². The van der Waals surface area contributed by atoms with Crippen molar-refractivity contribution in [3.63, 3.8) is 0 Å². The first-order valence-electron chi connectivity index (χ1n) is 8.85. The molecule has 2 saturated heterocycles. The zero-order chi connectivity index (χ0) is 19.2. The van der Waals surface area contributed by atoms with Crippen LogP contribution in [0.2, 0.25) is 0 Å². The van der Waals surface area contributed by atoms with E-state index < -0.39 is 11.8 Å². The Morgan fingerprint density at radius 2 is 1.74 bits per heavy atom. The lowest BCUT2D eigenvalue weighted by Gasteiger charge is -2.34. The molecule has 2 heterocycles. The molecule has 0 atom stereocenters. The summed E-state index contributed by atoms with van der Waals surface area (Å²) in [5.74, 6) is -1.39. The molecule has 8 nitrogen and oxygen atoms in total. The molecule has 144 valence electrons. The maximum atomic E-state index is 12.3. The number of hydrogen-bond acceptors (Lipinski definition) is 6. The van der Waals surface area contributed by atoms with Crippen LogP contribution in [0.25, 0.3) is 0 Å². The number of rotatable bonds is 5. The summed E-state index contributed by atoms with van der Waals surface area (Å²) >= 11 is 0.947. The van der Waals surface area contributed by atoms with Gasteiger partial charge < -0.3 is 10.2 Å². The van der Waals surface area contributed by atoms with Crippen molar-refractivity contribution in [2.24, 2.45) is 0 Å². The third-order valence-electron chi connectivity index (χ3n) is 4.56. The van der Waals surface area contributed by atoms with Crippen LogP contribution in [0.1, 0.15) is 5.56 Å². The largest absolute Gasteiger partial charge is 0.346 e. The normalized spacial score (nSPS) is 18.1. The highest BCUT2D eigenvalue weighted by Gasteiger charge is 2.30. The fourth-order valence-electron chi connectivity index (χ4n) is 3.05. The fourth-order valence-corrected chi connectivity index (χ4v) is 3.80. The van der Waals surface area contributed by atoms with E-state index in [0.717, 1.165) is 23.2 Å². The fraction of sp³-hybridized carbons (Fsp3) is 0.444. The quantitative estimate of drug-likeness (QED) is 0.720. The van der Waals surface area contributed by atoms with Crippen LogP contribution in [0.5, 0.6) is 0 Å². The molecular weight excluding hydrogens is 368 g/mol. The average molecular weight is 390 g/mol. The van der Waals surface area contributed by atoms with Crippen LogP contribution in [0.3, 0.4) is 0 Å². The van der Waals surface area contributed by atoms with Crippen molar-refractivity contribution in [1.29, 1.82) is 0 Å². The number of imide groups is 1. The monoisotopic (exact) mass is 390 g/mol. The maximum absolute atomic E-state index is 12.3. The molecule has 0 bridgehead atoms. The molecule has 0 radical (unpaired) electrons. The van der Waals surface area contributed by atoms with Crippen LogP contribution < -0.4 is 5.32 Å². The zero-order valence-corrected chi connectivity index (χ0v) is 15.7. The highest BCUT2D eigenvalue weighted by atomic mass is 32.2. The molecule has 9 heteroatoms. The van der Waals surface area contributed by atoms with Crippen molar-refractivity contribution in [1.82, 2.24) is 20.0 Å². The first kappa shape index (κ1) is 19.4. The number of nitrogens with one attached hydrogen (secondary N) is 1. The van der Waals surface area contributed by atoms with E-state index in [4.69, 9.17) is 0 Å². The summed E-state index contributed by atoms with van der Waals surface area (Å²) in [6, 6.07) is 10.1. The van der Waals surface area contributed by atoms with Crippen molar-refractivity contribution in [2.45, 2.75) is 6.54 Å². The zero-order valence-electron chi connectivity index (χ0n) is 14.9. The Balaban J connectivity index is 1.38. The molecule has 1 aromatic carbocycles. The first-order chi connectivity index (χ1) is 13.0. The third kappa shape index (κ3) is 5.08. The summed E-state index contributed by atoms with van der Waals surface area (Å²) in [5.41, 5.74) is 1.22. The summed E-state index contributed by atoms with van der Waals surface area (Å²) in [6.07, 6.45) is 0. The topological polar surface area (TPSA) is 90.0 Å². The molecule has 0 saturated carbocycles. The number of piperazine rings is 1. The lowest BCUT2D eigenvalue weighted by atomic mass is 10.2. The number of carbonyl (C=O) groups excluding carboxylic acids is 4. The molecule has 1 aromatic rings. The minimum absolute atomic E-state index is 0.0799. The Kier molecular flexibility index (Phi) is 6.46. The van der Waals surface area contributed by atoms with Crippen molar-refractivity contribution >= 4 is 34.7 Å². The van der Waals surface area contributed by atoms with Gasteiger partial charge in [0, 0.05) is 45.8 Å². The van der Waals surface area contributed by atoms with Gasteiger partial charge in [0.05, 0.1) is 5.75 Å². The molecule has 4 amide bonds. The average Bonchev–Trinajstić information content (AvgIpc) is 3.01. The Bertz CT molecular complexity index is 703. The standard InChI is InChI=1S/C18H22N4O4S/c23-15-13-27-18(26)22(15)7-6-19-16(24)17(25)21-10-8-20(9-11-21)12-14-4-2-1-3-5-14/h1-5H,6-13H2,(H,19,24). The van der Waals surface area contributed by atoms with E-state index >= 15 is 0 Å². The van der Waals surface area contributed by atoms with Gasteiger partial charge in [-0.05, 0) is 5.56 Å². The minimum Gasteiger partial charge on any atom is -0.346 e. The number of hydrogen-bond donors (Lipinski definition) is 1. The molecule has 2 aliphatic rings. The molecule has 27 heavy (non-hydrogen) atoms. The van der Waals surface area contributed by atoms with Crippen LogP contribution >= 0.6 is 11.8 Å². The second-order valence-electron chi connectivity index (χ2n) is 6.41. The maximum Gasteiger partial charge on any atom is 0.311 e. The Hall–Kier alpha value is -2.39. The number of carbonyl (C=O) groups is 4. The molecule has 0 aromatic heterocycles. The van der Waals surface area contributed by atoms with Gasteiger partial charge in [0.2, 0.25) is 5.91 Å². The second kappa shape index (κ2) is 9.01.